The fourth-order valence-electron chi connectivity index (χ4n) is 4.26. The van der Waals surface area contributed by atoms with E-state index in [2.05, 4.69) is 39.3 Å². The first-order valence-electron chi connectivity index (χ1n) is 8.98. The second-order valence-corrected chi connectivity index (χ2v) is 11.9. The van der Waals surface area contributed by atoms with Crippen LogP contribution in [-0.2, 0) is 0 Å². The van der Waals surface area contributed by atoms with E-state index in [0.29, 0.717) is 0 Å². The van der Waals surface area contributed by atoms with Crippen LogP contribution in [0.5, 0.6) is 0 Å². The smallest absolute Gasteiger partial charge is 0.0174 e. The summed E-state index contributed by atoms with van der Waals surface area (Å²) in [4.78, 5) is 0. The fraction of sp³-hybridized carbons (Fsp3) is 0.889. The minimum Gasteiger partial charge on any atom is -0.0768 e. The molecule has 0 aromatic heterocycles. The van der Waals surface area contributed by atoms with Gasteiger partial charge in [0.05, 0.1) is 0 Å². The Hall–Kier alpha value is 0.600. The largest absolute Gasteiger partial charge is 0.0768 e. The molecule has 0 amide bonds. The third-order valence-electron chi connectivity index (χ3n) is 5.65. The average molecular weight is 312 g/mol. The molecular formula is C18H34P2. The Morgan fingerprint density at radius 1 is 0.600 bits per heavy atom. The van der Waals surface area contributed by atoms with Crippen LogP contribution in [0.1, 0.15) is 79.1 Å². The van der Waals surface area contributed by atoms with E-state index in [4.69, 9.17) is 0 Å². The molecule has 0 radical (unpaired) electrons. The number of hydrogen-bond donors (Lipinski definition) is 0. The molecule has 116 valence electrons. The molecular weight excluding hydrogens is 278 g/mol. The zero-order chi connectivity index (χ0) is 14.5. The SMILES string of the molecule is CC[C@@H]1CC[C@@H](CC)P1/C=C\P1[C@H](CC)CC[C@H]1CC. The maximum absolute atomic E-state index is 2.77. The van der Waals surface area contributed by atoms with E-state index in [-0.39, 0.29) is 15.8 Å². The van der Waals surface area contributed by atoms with Gasteiger partial charge < -0.3 is 0 Å². The molecule has 2 aliphatic heterocycles. The standard InChI is InChI=1S/C18H34P2/c1-5-15-9-10-16(6-2)19(15)13-14-20-17(7-3)11-12-18(20)8-4/h13-18H,5-12H2,1-4H3/b14-13-/t15-,16-,17-,18-/m1/s1. The highest BCUT2D eigenvalue weighted by Crippen LogP contribution is 2.64. The van der Waals surface area contributed by atoms with Gasteiger partial charge in [0, 0.05) is 0 Å². The summed E-state index contributed by atoms with van der Waals surface area (Å²) in [5, 5.41) is 0. The summed E-state index contributed by atoms with van der Waals surface area (Å²) in [6.45, 7) is 9.65. The monoisotopic (exact) mass is 312 g/mol. The first-order valence-corrected chi connectivity index (χ1v) is 12.1. The van der Waals surface area contributed by atoms with Crippen molar-refractivity contribution in [2.24, 2.45) is 0 Å². The fourth-order valence-corrected chi connectivity index (χ4v) is 11.1. The minimum absolute atomic E-state index is 0.199. The van der Waals surface area contributed by atoms with Gasteiger partial charge in [0.1, 0.15) is 0 Å². The zero-order valence-electron chi connectivity index (χ0n) is 14.0. The van der Waals surface area contributed by atoms with Crippen molar-refractivity contribution in [3.8, 4) is 0 Å². The number of hydrogen-bond acceptors (Lipinski definition) is 0. The van der Waals surface area contributed by atoms with Crippen molar-refractivity contribution in [1.82, 2.24) is 0 Å². The molecule has 2 rings (SSSR count). The molecule has 0 N–H and O–H groups in total. The molecule has 0 nitrogen and oxygen atoms in total. The van der Waals surface area contributed by atoms with Gasteiger partial charge in [0.25, 0.3) is 0 Å². The first kappa shape index (κ1) is 17.0. The first-order chi connectivity index (χ1) is 9.74. The Balaban J connectivity index is 2.05. The molecule has 2 saturated heterocycles. The summed E-state index contributed by atoms with van der Waals surface area (Å²) in [6.07, 6.45) is 11.7. The Bertz CT molecular complexity index is 259. The second-order valence-electron chi connectivity index (χ2n) is 6.60. The highest BCUT2D eigenvalue weighted by atomic mass is 31.1. The van der Waals surface area contributed by atoms with Crippen LogP contribution < -0.4 is 0 Å². The Kier molecular flexibility index (Phi) is 7.03. The van der Waals surface area contributed by atoms with Crippen molar-refractivity contribution in [3.63, 3.8) is 0 Å². The van der Waals surface area contributed by atoms with Crippen LogP contribution in [0.25, 0.3) is 0 Å². The summed E-state index contributed by atoms with van der Waals surface area (Å²) in [5.74, 6) is 5.54. The van der Waals surface area contributed by atoms with Gasteiger partial charge in [-0.15, -0.1) is 0 Å². The predicted octanol–water partition coefficient (Wildman–Crippen LogP) is 7.12. The molecule has 2 aliphatic rings. The van der Waals surface area contributed by atoms with E-state index in [1.807, 2.05) is 0 Å². The van der Waals surface area contributed by atoms with Crippen LogP contribution in [0.3, 0.4) is 0 Å². The lowest BCUT2D eigenvalue weighted by molar-refractivity contribution is 0.696. The highest BCUT2D eigenvalue weighted by Gasteiger charge is 2.34. The van der Waals surface area contributed by atoms with Crippen LogP contribution in [0.15, 0.2) is 11.6 Å². The Labute approximate surface area is 129 Å². The van der Waals surface area contributed by atoms with Crippen molar-refractivity contribution < 1.29 is 0 Å². The van der Waals surface area contributed by atoms with Gasteiger partial charge >= 0.3 is 0 Å². The molecule has 2 heteroatoms. The average Bonchev–Trinajstić information content (AvgIpc) is 3.07. The molecule has 4 atom stereocenters. The number of rotatable bonds is 6. The van der Waals surface area contributed by atoms with E-state index in [0.717, 1.165) is 22.6 Å². The van der Waals surface area contributed by atoms with Crippen molar-refractivity contribution >= 4 is 15.8 Å². The van der Waals surface area contributed by atoms with E-state index >= 15 is 0 Å². The topological polar surface area (TPSA) is 0 Å². The molecule has 2 heterocycles. The maximum Gasteiger partial charge on any atom is -0.0174 e. The van der Waals surface area contributed by atoms with E-state index in [9.17, 15) is 0 Å². The highest BCUT2D eigenvalue weighted by molar-refractivity contribution is 7.66. The van der Waals surface area contributed by atoms with Gasteiger partial charge in [0.2, 0.25) is 0 Å². The quantitative estimate of drug-likeness (QED) is 0.458. The summed E-state index contributed by atoms with van der Waals surface area (Å²) >= 11 is 0. The van der Waals surface area contributed by atoms with Gasteiger partial charge in [0.15, 0.2) is 0 Å². The van der Waals surface area contributed by atoms with Crippen molar-refractivity contribution in [2.75, 3.05) is 0 Å². The lowest BCUT2D eigenvalue weighted by atomic mass is 10.1. The minimum atomic E-state index is 0.199. The molecule has 0 unspecified atom stereocenters. The van der Waals surface area contributed by atoms with E-state index in [1.54, 1.807) is 0 Å². The lowest BCUT2D eigenvalue weighted by Gasteiger charge is -2.24. The van der Waals surface area contributed by atoms with Crippen LogP contribution in [0, 0.1) is 0 Å². The molecule has 0 bridgehead atoms. The zero-order valence-corrected chi connectivity index (χ0v) is 15.8. The maximum atomic E-state index is 2.77. The second kappa shape index (κ2) is 8.29. The van der Waals surface area contributed by atoms with Gasteiger partial charge in [-0.05, 0) is 74.0 Å². The molecule has 0 saturated carbocycles. The predicted molar refractivity (Wildman–Crippen MR) is 97.8 cm³/mol. The van der Waals surface area contributed by atoms with Crippen molar-refractivity contribution in [2.45, 2.75) is 102 Å². The Morgan fingerprint density at radius 3 is 1.05 bits per heavy atom. The van der Waals surface area contributed by atoms with Crippen LogP contribution in [0.2, 0.25) is 0 Å². The van der Waals surface area contributed by atoms with Crippen LogP contribution >= 0.6 is 15.8 Å². The third kappa shape index (κ3) is 3.67. The van der Waals surface area contributed by atoms with E-state index < -0.39 is 0 Å². The Morgan fingerprint density at radius 2 is 0.850 bits per heavy atom. The summed E-state index contributed by atoms with van der Waals surface area (Å²) in [5.41, 5.74) is 4.18. The molecule has 0 aromatic rings. The summed E-state index contributed by atoms with van der Waals surface area (Å²) in [6, 6.07) is 0. The summed E-state index contributed by atoms with van der Waals surface area (Å²) < 4.78 is 0. The van der Waals surface area contributed by atoms with Crippen LogP contribution in [-0.4, -0.2) is 22.6 Å². The third-order valence-corrected chi connectivity index (χ3v) is 12.7. The van der Waals surface area contributed by atoms with Gasteiger partial charge in [-0.3, -0.25) is 0 Å². The van der Waals surface area contributed by atoms with Crippen molar-refractivity contribution in [3.05, 3.63) is 11.6 Å². The molecule has 0 spiro atoms. The normalized spacial score (nSPS) is 36.4. The van der Waals surface area contributed by atoms with Gasteiger partial charge in [-0.2, -0.15) is 0 Å². The molecule has 20 heavy (non-hydrogen) atoms. The van der Waals surface area contributed by atoms with E-state index in [1.165, 1.54) is 51.4 Å². The van der Waals surface area contributed by atoms with Crippen LogP contribution in [0.4, 0.5) is 0 Å². The molecule has 0 aromatic carbocycles. The lowest BCUT2D eigenvalue weighted by Crippen LogP contribution is -2.02. The van der Waals surface area contributed by atoms with Gasteiger partial charge in [-0.1, -0.05) is 55.2 Å². The molecule has 2 fully saturated rings. The van der Waals surface area contributed by atoms with Crippen molar-refractivity contribution in [1.29, 1.82) is 0 Å². The van der Waals surface area contributed by atoms with Gasteiger partial charge in [-0.25, -0.2) is 0 Å². The summed E-state index contributed by atoms with van der Waals surface area (Å²) in [7, 11) is 0.398. The molecule has 0 aliphatic carbocycles.